The zero-order valence-corrected chi connectivity index (χ0v) is 16.1. The van der Waals surface area contributed by atoms with Gasteiger partial charge >= 0.3 is 0 Å². The molecule has 0 spiro atoms. The normalized spacial score (nSPS) is 16.9. The van der Waals surface area contributed by atoms with Crippen molar-refractivity contribution in [3.63, 3.8) is 0 Å². The van der Waals surface area contributed by atoms with Crippen LogP contribution in [0.1, 0.15) is 45.6 Å². The minimum Gasteiger partial charge on any atom is -0.478 e. The van der Waals surface area contributed by atoms with Crippen LogP contribution in [0.15, 0.2) is 23.3 Å². The van der Waals surface area contributed by atoms with Crippen molar-refractivity contribution in [2.24, 2.45) is 4.99 Å². The number of hydrogen-bond acceptors (Lipinski definition) is 4. The fourth-order valence-electron chi connectivity index (χ4n) is 2.94. The summed E-state index contributed by atoms with van der Waals surface area (Å²) in [5, 5.41) is 6.92. The number of nitrogens with one attached hydrogen (secondary N) is 2. The monoisotopic (exact) mass is 347 g/mol. The van der Waals surface area contributed by atoms with Gasteiger partial charge in [0.25, 0.3) is 0 Å². The summed E-state index contributed by atoms with van der Waals surface area (Å²) >= 11 is 0. The smallest absolute Gasteiger partial charge is 0.213 e. The van der Waals surface area contributed by atoms with E-state index in [2.05, 4.69) is 46.3 Å². The number of hydrogen-bond donors (Lipinski definition) is 2. The molecule has 2 heterocycles. The van der Waals surface area contributed by atoms with Gasteiger partial charge in [-0.3, -0.25) is 4.99 Å². The number of aliphatic imine (C=N–C) groups is 1. The van der Waals surface area contributed by atoms with Gasteiger partial charge in [0.2, 0.25) is 5.88 Å². The van der Waals surface area contributed by atoms with Crippen LogP contribution in [-0.2, 0) is 6.54 Å². The SMILES string of the molecule is CCCOc1ccc(CNC(=NC)NC2CCN(C(C)C)CC2)cn1. The number of rotatable bonds is 7. The second-order valence-electron chi connectivity index (χ2n) is 6.83. The molecule has 0 aromatic carbocycles. The van der Waals surface area contributed by atoms with Crippen molar-refractivity contribution in [2.45, 2.75) is 58.7 Å². The van der Waals surface area contributed by atoms with E-state index in [9.17, 15) is 0 Å². The van der Waals surface area contributed by atoms with Gasteiger partial charge in [0.1, 0.15) is 0 Å². The molecule has 0 unspecified atom stereocenters. The molecule has 25 heavy (non-hydrogen) atoms. The molecule has 1 aliphatic rings. The van der Waals surface area contributed by atoms with Gasteiger partial charge in [0, 0.05) is 51.0 Å². The second kappa shape index (κ2) is 10.2. The molecule has 0 radical (unpaired) electrons. The van der Waals surface area contributed by atoms with E-state index in [4.69, 9.17) is 4.74 Å². The summed E-state index contributed by atoms with van der Waals surface area (Å²) in [6, 6.07) is 5.09. The first kappa shape index (κ1) is 19.5. The molecule has 0 amide bonds. The molecule has 2 rings (SSSR count). The lowest BCUT2D eigenvalue weighted by Gasteiger charge is -2.35. The first-order chi connectivity index (χ1) is 12.1. The maximum absolute atomic E-state index is 5.51. The number of nitrogens with zero attached hydrogens (tertiary/aromatic N) is 3. The van der Waals surface area contributed by atoms with Gasteiger partial charge in [0.05, 0.1) is 6.61 Å². The maximum Gasteiger partial charge on any atom is 0.213 e. The number of guanidine groups is 1. The molecule has 6 nitrogen and oxygen atoms in total. The molecular formula is C19H33N5O. The topological polar surface area (TPSA) is 61.8 Å². The Bertz CT molecular complexity index is 521. The predicted molar refractivity (Wildman–Crippen MR) is 103 cm³/mol. The lowest BCUT2D eigenvalue weighted by atomic mass is 10.0. The van der Waals surface area contributed by atoms with Crippen LogP contribution in [0.4, 0.5) is 0 Å². The first-order valence-corrected chi connectivity index (χ1v) is 9.41. The molecule has 1 aliphatic heterocycles. The largest absolute Gasteiger partial charge is 0.478 e. The predicted octanol–water partition coefficient (Wildman–Crippen LogP) is 2.41. The van der Waals surface area contributed by atoms with E-state index in [-0.39, 0.29) is 0 Å². The Morgan fingerprint density at radius 3 is 2.68 bits per heavy atom. The average Bonchev–Trinajstić information content (AvgIpc) is 2.64. The zero-order chi connectivity index (χ0) is 18.1. The van der Waals surface area contributed by atoms with E-state index < -0.39 is 0 Å². The third-order valence-corrected chi connectivity index (χ3v) is 4.54. The molecule has 0 bridgehead atoms. The summed E-state index contributed by atoms with van der Waals surface area (Å²) in [5.74, 6) is 1.54. The van der Waals surface area contributed by atoms with Crippen molar-refractivity contribution in [1.82, 2.24) is 20.5 Å². The van der Waals surface area contributed by atoms with Gasteiger partial charge in [-0.05, 0) is 38.7 Å². The number of aromatic nitrogens is 1. The van der Waals surface area contributed by atoms with Crippen molar-refractivity contribution in [2.75, 3.05) is 26.7 Å². The van der Waals surface area contributed by atoms with Gasteiger partial charge in [-0.25, -0.2) is 4.98 Å². The standard InChI is InChI=1S/C19H33N5O/c1-5-12-25-18-7-6-16(13-21-18)14-22-19(20-4)23-17-8-10-24(11-9-17)15(2)3/h6-7,13,15,17H,5,8-12,14H2,1-4H3,(H2,20,22,23). The van der Waals surface area contributed by atoms with E-state index in [0.29, 0.717) is 31.1 Å². The highest BCUT2D eigenvalue weighted by molar-refractivity contribution is 5.79. The van der Waals surface area contributed by atoms with E-state index >= 15 is 0 Å². The van der Waals surface area contributed by atoms with Crippen molar-refractivity contribution in [3.8, 4) is 5.88 Å². The Hall–Kier alpha value is -1.82. The van der Waals surface area contributed by atoms with Gasteiger partial charge < -0.3 is 20.3 Å². The maximum atomic E-state index is 5.51. The van der Waals surface area contributed by atoms with E-state index in [1.807, 2.05) is 25.4 Å². The number of ether oxygens (including phenoxy) is 1. The highest BCUT2D eigenvalue weighted by atomic mass is 16.5. The Balaban J connectivity index is 1.75. The van der Waals surface area contributed by atoms with Gasteiger partial charge in [-0.1, -0.05) is 13.0 Å². The number of likely N-dealkylation sites (tertiary alicyclic amines) is 1. The quantitative estimate of drug-likeness (QED) is 0.586. The van der Waals surface area contributed by atoms with Gasteiger partial charge in [-0.15, -0.1) is 0 Å². The summed E-state index contributed by atoms with van der Waals surface area (Å²) in [6.07, 6.45) is 5.16. The summed E-state index contributed by atoms with van der Waals surface area (Å²) in [6.45, 7) is 10.3. The molecule has 0 atom stereocenters. The van der Waals surface area contributed by atoms with E-state index in [1.165, 1.54) is 0 Å². The molecule has 1 fully saturated rings. The van der Waals surface area contributed by atoms with Crippen molar-refractivity contribution >= 4 is 5.96 Å². The van der Waals surface area contributed by atoms with Crippen LogP contribution in [0.2, 0.25) is 0 Å². The first-order valence-electron chi connectivity index (χ1n) is 9.41. The van der Waals surface area contributed by atoms with Crippen LogP contribution in [-0.4, -0.2) is 54.7 Å². The summed E-state index contributed by atoms with van der Waals surface area (Å²) in [4.78, 5) is 11.2. The number of pyridine rings is 1. The summed E-state index contributed by atoms with van der Waals surface area (Å²) in [5.41, 5.74) is 1.11. The molecule has 140 valence electrons. The second-order valence-corrected chi connectivity index (χ2v) is 6.83. The van der Waals surface area contributed by atoms with E-state index in [1.54, 1.807) is 0 Å². The minimum atomic E-state index is 0.490. The molecule has 1 aromatic rings. The fraction of sp³-hybridized carbons (Fsp3) is 0.684. The van der Waals surface area contributed by atoms with E-state index in [0.717, 1.165) is 43.9 Å². The highest BCUT2D eigenvalue weighted by Gasteiger charge is 2.21. The zero-order valence-electron chi connectivity index (χ0n) is 16.1. The Morgan fingerprint density at radius 2 is 2.12 bits per heavy atom. The third kappa shape index (κ3) is 6.53. The molecule has 1 saturated heterocycles. The molecule has 0 aliphatic carbocycles. The highest BCUT2D eigenvalue weighted by Crippen LogP contribution is 2.13. The molecule has 2 N–H and O–H groups in total. The third-order valence-electron chi connectivity index (χ3n) is 4.54. The van der Waals surface area contributed by atoms with Crippen LogP contribution in [0.25, 0.3) is 0 Å². The summed E-state index contributed by atoms with van der Waals surface area (Å²) in [7, 11) is 1.82. The summed E-state index contributed by atoms with van der Waals surface area (Å²) < 4.78 is 5.51. The van der Waals surface area contributed by atoms with Crippen LogP contribution in [0.3, 0.4) is 0 Å². The van der Waals surface area contributed by atoms with Crippen LogP contribution >= 0.6 is 0 Å². The molecule has 0 saturated carbocycles. The van der Waals surface area contributed by atoms with Crippen LogP contribution < -0.4 is 15.4 Å². The van der Waals surface area contributed by atoms with Gasteiger partial charge in [-0.2, -0.15) is 0 Å². The van der Waals surface area contributed by atoms with Crippen molar-refractivity contribution < 1.29 is 4.74 Å². The molecule has 6 heteroatoms. The minimum absolute atomic E-state index is 0.490. The number of piperidine rings is 1. The lowest BCUT2D eigenvalue weighted by Crippen LogP contribution is -2.49. The molecular weight excluding hydrogens is 314 g/mol. The molecule has 1 aromatic heterocycles. The van der Waals surface area contributed by atoms with Crippen molar-refractivity contribution in [1.29, 1.82) is 0 Å². The Labute approximate surface area is 152 Å². The van der Waals surface area contributed by atoms with Gasteiger partial charge in [0.15, 0.2) is 5.96 Å². The Morgan fingerprint density at radius 1 is 1.36 bits per heavy atom. The van der Waals surface area contributed by atoms with Crippen molar-refractivity contribution in [3.05, 3.63) is 23.9 Å². The fourth-order valence-corrected chi connectivity index (χ4v) is 2.94. The average molecular weight is 348 g/mol. The Kier molecular flexibility index (Phi) is 7.98. The van der Waals surface area contributed by atoms with Crippen LogP contribution in [0.5, 0.6) is 5.88 Å². The van der Waals surface area contributed by atoms with Crippen LogP contribution in [0, 0.1) is 0 Å². The lowest BCUT2D eigenvalue weighted by molar-refractivity contribution is 0.167.